The summed E-state index contributed by atoms with van der Waals surface area (Å²) in [6.45, 7) is 3.64. The van der Waals surface area contributed by atoms with Crippen molar-refractivity contribution in [1.82, 2.24) is 14.7 Å². The first kappa shape index (κ1) is 20.9. The molecule has 0 saturated heterocycles. The van der Waals surface area contributed by atoms with Gasteiger partial charge in [-0.15, -0.1) is 0 Å². The number of amides is 1. The number of hydrogen-bond donors (Lipinski definition) is 0. The maximum atomic E-state index is 13.6. The summed E-state index contributed by atoms with van der Waals surface area (Å²) in [4.78, 5) is 14.4. The fourth-order valence-electron chi connectivity index (χ4n) is 3.01. The molecule has 0 aliphatic heterocycles. The highest BCUT2D eigenvalue weighted by Crippen LogP contribution is 2.27. The molecule has 0 saturated carbocycles. The third-order valence-electron chi connectivity index (χ3n) is 4.85. The number of benzene rings is 2. The summed E-state index contributed by atoms with van der Waals surface area (Å²) in [6, 6.07) is 8.90. The van der Waals surface area contributed by atoms with E-state index in [9.17, 15) is 18.0 Å². The fourth-order valence-corrected chi connectivity index (χ4v) is 3.33. The summed E-state index contributed by atoms with van der Waals surface area (Å²) in [5.74, 6) is -2.66. The highest BCUT2D eigenvalue weighted by Gasteiger charge is 2.26. The molecule has 1 aromatic heterocycles. The van der Waals surface area contributed by atoms with Gasteiger partial charge >= 0.3 is 0 Å². The van der Waals surface area contributed by atoms with E-state index in [1.807, 2.05) is 0 Å². The van der Waals surface area contributed by atoms with E-state index in [-0.39, 0.29) is 23.1 Å². The quantitative estimate of drug-likeness (QED) is 0.572. The monoisotopic (exact) mass is 421 g/mol. The van der Waals surface area contributed by atoms with Crippen molar-refractivity contribution in [3.63, 3.8) is 0 Å². The number of rotatable bonds is 5. The average Bonchev–Trinajstić information content (AvgIpc) is 2.97. The van der Waals surface area contributed by atoms with E-state index < -0.39 is 23.6 Å². The van der Waals surface area contributed by atoms with Crippen molar-refractivity contribution >= 4 is 17.5 Å². The molecule has 3 rings (SSSR count). The van der Waals surface area contributed by atoms with Gasteiger partial charge in [-0.05, 0) is 49.2 Å². The van der Waals surface area contributed by atoms with Crippen molar-refractivity contribution in [2.75, 3.05) is 7.05 Å². The first-order valence-electron chi connectivity index (χ1n) is 8.88. The molecule has 0 bridgehead atoms. The molecule has 4 nitrogen and oxygen atoms in total. The second kappa shape index (κ2) is 8.29. The van der Waals surface area contributed by atoms with E-state index in [1.165, 1.54) is 27.8 Å². The Kier molecular flexibility index (Phi) is 5.98. The van der Waals surface area contributed by atoms with E-state index in [1.54, 1.807) is 33.0 Å². The van der Waals surface area contributed by atoms with Crippen molar-refractivity contribution < 1.29 is 18.0 Å². The predicted molar refractivity (Wildman–Crippen MR) is 104 cm³/mol. The zero-order valence-corrected chi connectivity index (χ0v) is 16.8. The van der Waals surface area contributed by atoms with E-state index >= 15 is 0 Å². The van der Waals surface area contributed by atoms with Crippen LogP contribution in [0.25, 0.3) is 0 Å². The van der Waals surface area contributed by atoms with Gasteiger partial charge in [0.15, 0.2) is 11.6 Å². The number of hydrogen-bond acceptors (Lipinski definition) is 2. The van der Waals surface area contributed by atoms with Gasteiger partial charge in [-0.3, -0.25) is 4.79 Å². The first-order chi connectivity index (χ1) is 13.7. The summed E-state index contributed by atoms with van der Waals surface area (Å²) in [5.41, 5.74) is 1.89. The molecule has 0 spiro atoms. The number of aryl methyl sites for hydroxylation is 1. The second-order valence-corrected chi connectivity index (χ2v) is 7.16. The number of carbonyl (C=O) groups is 1. The fraction of sp³-hybridized carbons (Fsp3) is 0.238. The van der Waals surface area contributed by atoms with Crippen LogP contribution >= 0.6 is 11.6 Å². The van der Waals surface area contributed by atoms with Crippen molar-refractivity contribution in [3.05, 3.63) is 87.5 Å². The normalized spacial score (nSPS) is 12.1. The van der Waals surface area contributed by atoms with Crippen LogP contribution in [0.3, 0.4) is 0 Å². The van der Waals surface area contributed by atoms with Crippen molar-refractivity contribution in [3.8, 4) is 0 Å². The van der Waals surface area contributed by atoms with Crippen LogP contribution < -0.4 is 0 Å². The van der Waals surface area contributed by atoms with Crippen LogP contribution in [0.4, 0.5) is 13.2 Å². The number of nitrogens with zero attached hydrogens (tertiary/aromatic N) is 3. The van der Waals surface area contributed by atoms with Crippen LogP contribution in [0.2, 0.25) is 5.15 Å². The standard InChI is InChI=1S/C21H19ClF3N3O/c1-12-19(20(22)28(26-12)11-14-4-7-16(23)8-5-14)21(29)27(3)13(2)15-6-9-17(24)18(25)10-15/h4-10,13H,11H2,1-3H3. The van der Waals surface area contributed by atoms with E-state index in [4.69, 9.17) is 11.6 Å². The molecular weight excluding hydrogens is 403 g/mol. The maximum absolute atomic E-state index is 13.6. The molecule has 29 heavy (non-hydrogen) atoms. The smallest absolute Gasteiger partial charge is 0.259 e. The van der Waals surface area contributed by atoms with Gasteiger partial charge in [0.05, 0.1) is 23.8 Å². The van der Waals surface area contributed by atoms with Gasteiger partial charge in [0.25, 0.3) is 5.91 Å². The number of halogens is 4. The van der Waals surface area contributed by atoms with E-state index in [0.717, 1.165) is 17.7 Å². The number of aromatic nitrogens is 2. The highest BCUT2D eigenvalue weighted by atomic mass is 35.5. The lowest BCUT2D eigenvalue weighted by Gasteiger charge is -2.25. The minimum atomic E-state index is -0.975. The lowest BCUT2D eigenvalue weighted by atomic mass is 10.1. The van der Waals surface area contributed by atoms with Gasteiger partial charge in [0.1, 0.15) is 11.0 Å². The summed E-state index contributed by atoms with van der Waals surface area (Å²) in [6.07, 6.45) is 0. The zero-order valence-electron chi connectivity index (χ0n) is 16.1. The molecule has 2 aromatic carbocycles. The largest absolute Gasteiger partial charge is 0.335 e. The van der Waals surface area contributed by atoms with Gasteiger partial charge < -0.3 is 4.90 Å². The Balaban J connectivity index is 1.85. The second-order valence-electron chi connectivity index (χ2n) is 6.80. The SMILES string of the molecule is Cc1nn(Cc2ccc(F)cc2)c(Cl)c1C(=O)N(C)C(C)c1ccc(F)c(F)c1. The van der Waals surface area contributed by atoms with Crippen molar-refractivity contribution in [1.29, 1.82) is 0 Å². The molecule has 0 aliphatic rings. The van der Waals surface area contributed by atoms with Gasteiger partial charge in [0.2, 0.25) is 0 Å². The molecule has 1 amide bonds. The summed E-state index contributed by atoms with van der Waals surface area (Å²) in [5, 5.41) is 4.48. The van der Waals surface area contributed by atoms with Crippen LogP contribution in [0.15, 0.2) is 42.5 Å². The lowest BCUT2D eigenvalue weighted by molar-refractivity contribution is 0.0741. The molecule has 1 unspecified atom stereocenters. The maximum Gasteiger partial charge on any atom is 0.259 e. The van der Waals surface area contributed by atoms with Crippen LogP contribution in [0.1, 0.15) is 40.1 Å². The third kappa shape index (κ3) is 4.29. The van der Waals surface area contributed by atoms with Crippen LogP contribution in [-0.4, -0.2) is 27.6 Å². The lowest BCUT2D eigenvalue weighted by Crippen LogP contribution is -2.30. The minimum Gasteiger partial charge on any atom is -0.335 e. The number of carbonyl (C=O) groups excluding carboxylic acids is 1. The molecule has 152 valence electrons. The molecule has 0 aliphatic carbocycles. The van der Waals surface area contributed by atoms with E-state index in [0.29, 0.717) is 11.3 Å². The summed E-state index contributed by atoms with van der Waals surface area (Å²) >= 11 is 6.42. The summed E-state index contributed by atoms with van der Waals surface area (Å²) in [7, 11) is 1.56. The molecule has 1 heterocycles. The molecule has 8 heteroatoms. The predicted octanol–water partition coefficient (Wildman–Crippen LogP) is 5.14. The van der Waals surface area contributed by atoms with Gasteiger partial charge in [-0.2, -0.15) is 5.10 Å². The third-order valence-corrected chi connectivity index (χ3v) is 5.24. The molecular formula is C21H19ClF3N3O. The van der Waals surface area contributed by atoms with Gasteiger partial charge in [-0.25, -0.2) is 17.9 Å². The Morgan fingerprint density at radius 1 is 1.14 bits per heavy atom. The van der Waals surface area contributed by atoms with Crippen molar-refractivity contribution in [2.24, 2.45) is 0 Å². The Morgan fingerprint density at radius 2 is 1.79 bits per heavy atom. The Labute approximate surface area is 171 Å². The van der Waals surface area contributed by atoms with Crippen LogP contribution in [-0.2, 0) is 6.54 Å². The summed E-state index contributed by atoms with van der Waals surface area (Å²) < 4.78 is 41.3. The molecule has 0 N–H and O–H groups in total. The zero-order chi connectivity index (χ0) is 21.3. The molecule has 1 atom stereocenters. The van der Waals surface area contributed by atoms with Crippen LogP contribution in [0.5, 0.6) is 0 Å². The first-order valence-corrected chi connectivity index (χ1v) is 9.26. The Morgan fingerprint density at radius 3 is 2.41 bits per heavy atom. The van der Waals surface area contributed by atoms with Crippen molar-refractivity contribution in [2.45, 2.75) is 26.4 Å². The van der Waals surface area contributed by atoms with E-state index in [2.05, 4.69) is 5.10 Å². The Hall–Kier alpha value is -2.80. The molecule has 3 aromatic rings. The topological polar surface area (TPSA) is 38.1 Å². The minimum absolute atomic E-state index is 0.154. The average molecular weight is 422 g/mol. The molecule has 0 fully saturated rings. The molecule has 0 radical (unpaired) electrons. The van der Waals surface area contributed by atoms with Gasteiger partial charge in [-0.1, -0.05) is 29.8 Å². The Bertz CT molecular complexity index is 1050. The highest BCUT2D eigenvalue weighted by molar-refractivity contribution is 6.33. The van der Waals surface area contributed by atoms with Crippen LogP contribution in [0, 0.1) is 24.4 Å². The van der Waals surface area contributed by atoms with Gasteiger partial charge in [0, 0.05) is 7.05 Å².